The highest BCUT2D eigenvalue weighted by atomic mass is 15.2. The van der Waals surface area contributed by atoms with Crippen molar-refractivity contribution in [1.82, 2.24) is 15.1 Å². The first-order valence-corrected chi connectivity index (χ1v) is 8.08. The number of nitrogens with zero attached hydrogens (tertiary/aromatic N) is 2. The molecule has 0 aromatic carbocycles. The van der Waals surface area contributed by atoms with Crippen molar-refractivity contribution in [3.8, 4) is 0 Å². The maximum Gasteiger partial charge on any atom is 0.0109 e. The van der Waals surface area contributed by atoms with Crippen molar-refractivity contribution < 1.29 is 0 Å². The standard InChI is InChI=1S/C15H29N3/c1-2-8-17(7-1)11-12-18-9-5-14(6-10-18)13-16-15-3-4-15/h14-16H,1-13H2. The highest BCUT2D eigenvalue weighted by molar-refractivity contribution is 4.83. The van der Waals surface area contributed by atoms with E-state index in [0.717, 1.165) is 12.0 Å². The molecule has 3 nitrogen and oxygen atoms in total. The number of piperidine rings is 1. The van der Waals surface area contributed by atoms with Crippen LogP contribution in [0.4, 0.5) is 0 Å². The van der Waals surface area contributed by atoms with Gasteiger partial charge >= 0.3 is 0 Å². The summed E-state index contributed by atoms with van der Waals surface area (Å²) in [7, 11) is 0. The Hall–Kier alpha value is -0.120. The molecule has 1 aliphatic carbocycles. The van der Waals surface area contributed by atoms with E-state index in [1.165, 1.54) is 84.3 Å². The number of rotatable bonds is 6. The van der Waals surface area contributed by atoms with Crippen molar-refractivity contribution in [1.29, 1.82) is 0 Å². The summed E-state index contributed by atoms with van der Waals surface area (Å²) >= 11 is 0. The monoisotopic (exact) mass is 251 g/mol. The molecule has 0 aromatic heterocycles. The van der Waals surface area contributed by atoms with Gasteiger partial charge in [-0.05, 0) is 77.2 Å². The lowest BCUT2D eigenvalue weighted by atomic mass is 9.97. The quantitative estimate of drug-likeness (QED) is 0.773. The second-order valence-electron chi connectivity index (χ2n) is 6.52. The maximum atomic E-state index is 3.69. The van der Waals surface area contributed by atoms with Crippen LogP contribution in [0.5, 0.6) is 0 Å². The fourth-order valence-corrected chi connectivity index (χ4v) is 3.32. The molecule has 0 amide bonds. The van der Waals surface area contributed by atoms with Crippen LogP contribution >= 0.6 is 0 Å². The normalized spacial score (nSPS) is 28.0. The smallest absolute Gasteiger partial charge is 0.0109 e. The third-order valence-corrected chi connectivity index (χ3v) is 4.91. The summed E-state index contributed by atoms with van der Waals surface area (Å²) in [5.41, 5.74) is 0. The van der Waals surface area contributed by atoms with Crippen molar-refractivity contribution in [2.75, 3.05) is 45.8 Å². The maximum absolute atomic E-state index is 3.69. The molecule has 2 saturated heterocycles. The Morgan fingerprint density at radius 3 is 2.00 bits per heavy atom. The van der Waals surface area contributed by atoms with E-state index in [0.29, 0.717) is 0 Å². The molecule has 0 unspecified atom stereocenters. The molecular weight excluding hydrogens is 222 g/mol. The van der Waals surface area contributed by atoms with Gasteiger partial charge in [0.25, 0.3) is 0 Å². The van der Waals surface area contributed by atoms with Gasteiger partial charge in [0.2, 0.25) is 0 Å². The topological polar surface area (TPSA) is 18.5 Å². The largest absolute Gasteiger partial charge is 0.314 e. The van der Waals surface area contributed by atoms with Crippen LogP contribution in [-0.4, -0.2) is 61.7 Å². The summed E-state index contributed by atoms with van der Waals surface area (Å²) in [5, 5.41) is 3.69. The molecule has 104 valence electrons. The number of hydrogen-bond donors (Lipinski definition) is 1. The predicted molar refractivity (Wildman–Crippen MR) is 75.9 cm³/mol. The molecule has 0 spiro atoms. The highest BCUT2D eigenvalue weighted by Crippen LogP contribution is 2.21. The summed E-state index contributed by atoms with van der Waals surface area (Å²) in [4.78, 5) is 5.33. The Morgan fingerprint density at radius 1 is 0.778 bits per heavy atom. The number of nitrogens with one attached hydrogen (secondary N) is 1. The van der Waals surface area contributed by atoms with Crippen molar-refractivity contribution in [3.05, 3.63) is 0 Å². The van der Waals surface area contributed by atoms with Crippen LogP contribution in [0.25, 0.3) is 0 Å². The minimum absolute atomic E-state index is 0.887. The summed E-state index contributed by atoms with van der Waals surface area (Å²) in [6.07, 6.45) is 8.53. The Morgan fingerprint density at radius 2 is 1.39 bits per heavy atom. The first kappa shape index (κ1) is 12.9. The first-order chi connectivity index (χ1) is 8.90. The van der Waals surface area contributed by atoms with E-state index in [2.05, 4.69) is 15.1 Å². The predicted octanol–water partition coefficient (Wildman–Crippen LogP) is 1.55. The van der Waals surface area contributed by atoms with Gasteiger partial charge in [0.05, 0.1) is 0 Å². The zero-order valence-electron chi connectivity index (χ0n) is 11.7. The second kappa shape index (κ2) is 6.36. The molecule has 3 fully saturated rings. The fourth-order valence-electron chi connectivity index (χ4n) is 3.32. The Bertz CT molecular complexity index is 238. The van der Waals surface area contributed by atoms with Crippen LogP contribution in [0.3, 0.4) is 0 Å². The summed E-state index contributed by atoms with van der Waals surface area (Å²) in [6.45, 7) is 9.28. The van der Waals surface area contributed by atoms with Crippen LogP contribution in [0.15, 0.2) is 0 Å². The van der Waals surface area contributed by atoms with Gasteiger partial charge in [0, 0.05) is 19.1 Å². The molecule has 1 saturated carbocycles. The molecule has 3 rings (SSSR count). The molecule has 0 bridgehead atoms. The molecule has 3 heteroatoms. The molecule has 3 aliphatic rings. The van der Waals surface area contributed by atoms with E-state index >= 15 is 0 Å². The Kier molecular flexibility index (Phi) is 4.55. The lowest BCUT2D eigenvalue weighted by Crippen LogP contribution is -2.41. The van der Waals surface area contributed by atoms with Gasteiger partial charge < -0.3 is 15.1 Å². The van der Waals surface area contributed by atoms with E-state index < -0.39 is 0 Å². The van der Waals surface area contributed by atoms with Gasteiger partial charge in [-0.2, -0.15) is 0 Å². The van der Waals surface area contributed by atoms with E-state index in [1.807, 2.05) is 0 Å². The van der Waals surface area contributed by atoms with Crippen molar-refractivity contribution in [2.24, 2.45) is 5.92 Å². The van der Waals surface area contributed by atoms with Crippen molar-refractivity contribution in [3.63, 3.8) is 0 Å². The minimum Gasteiger partial charge on any atom is -0.314 e. The van der Waals surface area contributed by atoms with E-state index in [1.54, 1.807) is 0 Å². The molecule has 18 heavy (non-hydrogen) atoms. The summed E-state index contributed by atoms with van der Waals surface area (Å²) in [6, 6.07) is 0.887. The third kappa shape index (κ3) is 3.94. The lowest BCUT2D eigenvalue weighted by molar-refractivity contribution is 0.163. The van der Waals surface area contributed by atoms with Gasteiger partial charge in [-0.15, -0.1) is 0 Å². The first-order valence-electron chi connectivity index (χ1n) is 8.08. The van der Waals surface area contributed by atoms with E-state index in [-0.39, 0.29) is 0 Å². The van der Waals surface area contributed by atoms with Crippen molar-refractivity contribution >= 4 is 0 Å². The highest BCUT2D eigenvalue weighted by Gasteiger charge is 2.24. The summed E-state index contributed by atoms with van der Waals surface area (Å²) in [5.74, 6) is 0.952. The third-order valence-electron chi connectivity index (χ3n) is 4.91. The number of likely N-dealkylation sites (tertiary alicyclic amines) is 2. The van der Waals surface area contributed by atoms with Crippen LogP contribution in [0, 0.1) is 5.92 Å². The molecule has 2 heterocycles. The van der Waals surface area contributed by atoms with Gasteiger partial charge in [-0.3, -0.25) is 0 Å². The molecule has 0 radical (unpaired) electrons. The SMILES string of the molecule is C1CCN(CCN2CCC(CNC3CC3)CC2)C1. The fraction of sp³-hybridized carbons (Fsp3) is 1.00. The van der Waals surface area contributed by atoms with Crippen molar-refractivity contribution in [2.45, 2.75) is 44.6 Å². The Labute approximate surface area is 112 Å². The van der Waals surface area contributed by atoms with E-state index in [9.17, 15) is 0 Å². The van der Waals surface area contributed by atoms with E-state index in [4.69, 9.17) is 0 Å². The van der Waals surface area contributed by atoms with Gasteiger partial charge in [-0.25, -0.2) is 0 Å². The minimum atomic E-state index is 0.887. The molecule has 0 aromatic rings. The van der Waals surface area contributed by atoms with Gasteiger partial charge in [0.15, 0.2) is 0 Å². The Balaban J connectivity index is 1.27. The van der Waals surface area contributed by atoms with Crippen LogP contribution < -0.4 is 5.32 Å². The molecule has 1 N–H and O–H groups in total. The van der Waals surface area contributed by atoms with Gasteiger partial charge in [0.1, 0.15) is 0 Å². The summed E-state index contributed by atoms with van der Waals surface area (Å²) < 4.78 is 0. The molecular formula is C15H29N3. The number of hydrogen-bond acceptors (Lipinski definition) is 3. The second-order valence-corrected chi connectivity index (χ2v) is 6.52. The zero-order valence-corrected chi connectivity index (χ0v) is 11.7. The molecule has 2 aliphatic heterocycles. The van der Waals surface area contributed by atoms with Crippen LogP contribution in [0.1, 0.15) is 38.5 Å². The van der Waals surface area contributed by atoms with Crippen LogP contribution in [-0.2, 0) is 0 Å². The zero-order chi connectivity index (χ0) is 12.2. The molecule has 0 atom stereocenters. The lowest BCUT2D eigenvalue weighted by Gasteiger charge is -2.33. The average molecular weight is 251 g/mol. The average Bonchev–Trinajstić information content (AvgIpc) is 3.09. The van der Waals surface area contributed by atoms with Crippen LogP contribution in [0.2, 0.25) is 0 Å². The van der Waals surface area contributed by atoms with Gasteiger partial charge in [-0.1, -0.05) is 0 Å².